The number of unbranched alkanes of at least 4 members (excludes halogenated alkanes) is 31. The van der Waals surface area contributed by atoms with Crippen LogP contribution in [0.2, 0.25) is 0 Å². The van der Waals surface area contributed by atoms with Gasteiger partial charge in [-0.3, -0.25) is 14.4 Å². The topological polar surface area (TPSA) is 78.9 Å². The van der Waals surface area contributed by atoms with Crippen molar-refractivity contribution in [3.63, 3.8) is 0 Å². The highest BCUT2D eigenvalue weighted by molar-refractivity contribution is 5.71. The SMILES string of the molecule is CCCCCCCCCCCCCCCC(=O)OC[C@H](COC(=O)CCCCCCCCCCCCC(C)CC)OC(=O)CCCCCCCCCCCCC. The van der Waals surface area contributed by atoms with Crippen LogP contribution in [0.25, 0.3) is 0 Å². The van der Waals surface area contributed by atoms with E-state index in [1.165, 1.54) is 173 Å². The zero-order chi connectivity index (χ0) is 41.0. The minimum atomic E-state index is -0.759. The number of hydrogen-bond donors (Lipinski definition) is 0. The number of esters is 3. The normalized spacial score (nSPS) is 12.4. The van der Waals surface area contributed by atoms with Crippen LogP contribution in [0.3, 0.4) is 0 Å². The van der Waals surface area contributed by atoms with E-state index < -0.39 is 6.10 Å². The van der Waals surface area contributed by atoms with Gasteiger partial charge < -0.3 is 14.2 Å². The number of rotatable bonds is 45. The van der Waals surface area contributed by atoms with E-state index in [9.17, 15) is 14.4 Å². The molecule has 0 rings (SSSR count). The van der Waals surface area contributed by atoms with Gasteiger partial charge in [0.25, 0.3) is 0 Å². The average Bonchev–Trinajstić information content (AvgIpc) is 3.19. The van der Waals surface area contributed by atoms with Gasteiger partial charge in [0.2, 0.25) is 0 Å². The van der Waals surface area contributed by atoms with E-state index in [0.717, 1.165) is 63.7 Å². The minimum absolute atomic E-state index is 0.0631. The maximum atomic E-state index is 12.7. The van der Waals surface area contributed by atoms with Crippen LogP contribution in [0.5, 0.6) is 0 Å². The lowest BCUT2D eigenvalue weighted by Crippen LogP contribution is -2.30. The largest absolute Gasteiger partial charge is 0.462 e. The molecule has 2 atom stereocenters. The van der Waals surface area contributed by atoms with Crippen molar-refractivity contribution in [2.75, 3.05) is 13.2 Å². The molecule has 6 nitrogen and oxygen atoms in total. The third-order valence-corrected chi connectivity index (χ3v) is 11.7. The summed E-state index contributed by atoms with van der Waals surface area (Å²) in [6.45, 7) is 9.03. The Labute approximate surface area is 348 Å². The molecule has 0 radical (unpaired) electrons. The van der Waals surface area contributed by atoms with E-state index in [4.69, 9.17) is 14.2 Å². The third-order valence-electron chi connectivity index (χ3n) is 11.7. The van der Waals surface area contributed by atoms with Gasteiger partial charge in [0.1, 0.15) is 13.2 Å². The summed E-state index contributed by atoms with van der Waals surface area (Å²) in [5, 5.41) is 0. The molecule has 0 aliphatic carbocycles. The van der Waals surface area contributed by atoms with Gasteiger partial charge in [0, 0.05) is 19.3 Å². The number of carbonyl (C=O) groups is 3. The van der Waals surface area contributed by atoms with Gasteiger partial charge in [-0.1, -0.05) is 240 Å². The highest BCUT2D eigenvalue weighted by atomic mass is 16.6. The zero-order valence-corrected chi connectivity index (χ0v) is 38.1. The minimum Gasteiger partial charge on any atom is -0.462 e. The predicted octanol–water partition coefficient (Wildman–Crippen LogP) is 15.9. The molecule has 56 heavy (non-hydrogen) atoms. The van der Waals surface area contributed by atoms with Gasteiger partial charge in [-0.15, -0.1) is 0 Å². The first kappa shape index (κ1) is 54.4. The second-order valence-electron chi connectivity index (χ2n) is 17.3. The predicted molar refractivity (Wildman–Crippen MR) is 238 cm³/mol. The monoisotopic (exact) mass is 793 g/mol. The Hall–Kier alpha value is -1.59. The number of hydrogen-bond acceptors (Lipinski definition) is 6. The summed E-state index contributed by atoms with van der Waals surface area (Å²) < 4.78 is 16.8. The maximum absolute atomic E-state index is 12.7. The van der Waals surface area contributed by atoms with E-state index in [2.05, 4.69) is 27.7 Å². The zero-order valence-electron chi connectivity index (χ0n) is 38.1. The van der Waals surface area contributed by atoms with Gasteiger partial charge in [0.15, 0.2) is 6.10 Å². The molecule has 0 aromatic rings. The molecular weight excluding hydrogens is 697 g/mol. The van der Waals surface area contributed by atoms with Crippen molar-refractivity contribution in [3.8, 4) is 0 Å². The molecule has 1 unspecified atom stereocenters. The molecule has 0 aliphatic heterocycles. The molecule has 6 heteroatoms. The fraction of sp³-hybridized carbons (Fsp3) is 0.940. The standard InChI is InChI=1S/C50H96O6/c1-5-8-10-12-14-16-18-19-21-25-29-33-37-41-48(51)54-44-47(56-50(53)43-39-35-31-27-20-17-15-13-11-9-6-2)45-55-49(52)42-38-34-30-26-23-22-24-28-32-36-40-46(4)7-3/h46-47H,5-45H2,1-4H3/t46?,47-/m1/s1. The van der Waals surface area contributed by atoms with Crippen molar-refractivity contribution in [2.24, 2.45) is 5.92 Å². The van der Waals surface area contributed by atoms with E-state index in [0.29, 0.717) is 19.3 Å². The highest BCUT2D eigenvalue weighted by Crippen LogP contribution is 2.17. The number of carbonyl (C=O) groups excluding carboxylic acids is 3. The molecule has 0 heterocycles. The maximum Gasteiger partial charge on any atom is 0.306 e. The Morgan fingerprint density at radius 3 is 0.929 bits per heavy atom. The Morgan fingerprint density at radius 1 is 0.357 bits per heavy atom. The molecule has 0 N–H and O–H groups in total. The highest BCUT2D eigenvalue weighted by Gasteiger charge is 2.19. The number of ether oxygens (including phenoxy) is 3. The van der Waals surface area contributed by atoms with E-state index in [1.807, 2.05) is 0 Å². The molecule has 0 amide bonds. The summed E-state index contributed by atoms with van der Waals surface area (Å²) in [4.78, 5) is 37.8. The van der Waals surface area contributed by atoms with Crippen molar-refractivity contribution < 1.29 is 28.6 Å². The van der Waals surface area contributed by atoms with E-state index in [1.54, 1.807) is 0 Å². The van der Waals surface area contributed by atoms with Crippen LogP contribution in [0.1, 0.15) is 278 Å². The molecular formula is C50H96O6. The van der Waals surface area contributed by atoms with Gasteiger partial charge in [-0.25, -0.2) is 0 Å². The Kier molecular flexibility index (Phi) is 43.2. The summed E-state index contributed by atoms with van der Waals surface area (Å²) >= 11 is 0. The van der Waals surface area contributed by atoms with Gasteiger partial charge >= 0.3 is 17.9 Å². The molecule has 0 fully saturated rings. The first-order valence-electron chi connectivity index (χ1n) is 24.9. The summed E-state index contributed by atoms with van der Waals surface area (Å²) in [5.74, 6) is 0.0218. The lowest BCUT2D eigenvalue weighted by atomic mass is 9.99. The average molecular weight is 793 g/mol. The van der Waals surface area contributed by atoms with Crippen molar-refractivity contribution >= 4 is 17.9 Å². The fourth-order valence-corrected chi connectivity index (χ4v) is 7.48. The van der Waals surface area contributed by atoms with E-state index in [-0.39, 0.29) is 31.1 Å². The van der Waals surface area contributed by atoms with Crippen molar-refractivity contribution in [3.05, 3.63) is 0 Å². The molecule has 0 saturated heterocycles. The van der Waals surface area contributed by atoms with E-state index >= 15 is 0 Å². The lowest BCUT2D eigenvalue weighted by Gasteiger charge is -2.18. The second kappa shape index (κ2) is 44.5. The summed E-state index contributed by atoms with van der Waals surface area (Å²) in [5.41, 5.74) is 0. The lowest BCUT2D eigenvalue weighted by molar-refractivity contribution is -0.167. The van der Waals surface area contributed by atoms with Crippen LogP contribution in [-0.2, 0) is 28.6 Å². The van der Waals surface area contributed by atoms with Crippen LogP contribution in [-0.4, -0.2) is 37.2 Å². The molecule has 0 aromatic heterocycles. The van der Waals surface area contributed by atoms with Crippen LogP contribution < -0.4 is 0 Å². The van der Waals surface area contributed by atoms with Crippen molar-refractivity contribution in [1.82, 2.24) is 0 Å². The molecule has 0 spiro atoms. The van der Waals surface area contributed by atoms with Gasteiger partial charge in [-0.05, 0) is 25.2 Å². The van der Waals surface area contributed by atoms with Crippen LogP contribution >= 0.6 is 0 Å². The van der Waals surface area contributed by atoms with Crippen LogP contribution in [0, 0.1) is 5.92 Å². The molecule has 0 bridgehead atoms. The Morgan fingerprint density at radius 2 is 0.625 bits per heavy atom. The first-order chi connectivity index (χ1) is 27.4. The van der Waals surface area contributed by atoms with Gasteiger partial charge in [-0.2, -0.15) is 0 Å². The smallest absolute Gasteiger partial charge is 0.306 e. The van der Waals surface area contributed by atoms with Gasteiger partial charge in [0.05, 0.1) is 0 Å². The first-order valence-corrected chi connectivity index (χ1v) is 24.9. The van der Waals surface area contributed by atoms with Crippen LogP contribution in [0.15, 0.2) is 0 Å². The third kappa shape index (κ3) is 42.0. The molecule has 0 aromatic carbocycles. The quantitative estimate of drug-likeness (QED) is 0.0347. The van der Waals surface area contributed by atoms with Crippen LogP contribution in [0.4, 0.5) is 0 Å². The summed E-state index contributed by atoms with van der Waals surface area (Å²) in [6.07, 6.45) is 45.0. The fourth-order valence-electron chi connectivity index (χ4n) is 7.48. The second-order valence-corrected chi connectivity index (χ2v) is 17.3. The summed E-state index contributed by atoms with van der Waals surface area (Å²) in [6, 6.07) is 0. The molecule has 0 aliphatic rings. The molecule has 0 saturated carbocycles. The Bertz CT molecular complexity index is 843. The summed E-state index contributed by atoms with van der Waals surface area (Å²) in [7, 11) is 0. The molecule has 332 valence electrons. The van der Waals surface area contributed by atoms with Crippen molar-refractivity contribution in [2.45, 2.75) is 284 Å². The Balaban J connectivity index is 4.31. The van der Waals surface area contributed by atoms with Crippen molar-refractivity contribution in [1.29, 1.82) is 0 Å².